The molecule has 1 fully saturated rings. The Kier molecular flexibility index (Phi) is 8.14. The number of nitrogens with one attached hydrogen (secondary N) is 2. The van der Waals surface area contributed by atoms with Gasteiger partial charge in [-0.25, -0.2) is 0 Å². The van der Waals surface area contributed by atoms with E-state index in [2.05, 4.69) is 58.3 Å². The normalized spacial score (nSPS) is 16.4. The fourth-order valence-corrected chi connectivity index (χ4v) is 5.28. The lowest BCUT2D eigenvalue weighted by Crippen LogP contribution is -2.30. The molecule has 4 nitrogen and oxygen atoms in total. The number of thioether (sulfide) groups is 1. The fraction of sp³-hybridized carbons (Fsp3) is 0.179. The number of aryl methyl sites for hydroxylation is 1. The van der Waals surface area contributed by atoms with Crippen LogP contribution in [-0.2, 0) is 24.2 Å². The Bertz CT molecular complexity index is 1190. The summed E-state index contributed by atoms with van der Waals surface area (Å²) in [5.74, 6) is 0.711. The number of allylic oxidation sites excluding steroid dienone is 1. The Balaban J connectivity index is 1.49. The molecule has 1 aliphatic heterocycles. The van der Waals surface area contributed by atoms with Crippen LogP contribution >= 0.6 is 27.7 Å². The maximum atomic E-state index is 12.6. The molecule has 0 bridgehead atoms. The van der Waals surface area contributed by atoms with Crippen LogP contribution < -0.4 is 15.4 Å². The van der Waals surface area contributed by atoms with Crippen LogP contribution in [0.3, 0.4) is 0 Å². The first-order chi connectivity index (χ1) is 16.6. The van der Waals surface area contributed by atoms with Gasteiger partial charge >= 0.3 is 0 Å². The third-order valence-corrected chi connectivity index (χ3v) is 7.04. The number of hydrogen-bond acceptors (Lipinski definition) is 4. The topological polar surface area (TPSA) is 50.4 Å². The average molecular weight is 536 g/mol. The first-order valence-corrected chi connectivity index (χ1v) is 12.9. The number of benzene rings is 3. The Morgan fingerprint density at radius 1 is 1.12 bits per heavy atom. The van der Waals surface area contributed by atoms with E-state index in [1.807, 2.05) is 60.7 Å². The number of carbonyl (C=O) groups excluding carboxylic acids is 1. The molecule has 0 spiro atoms. The molecule has 1 amide bonds. The maximum absolute atomic E-state index is 12.6. The van der Waals surface area contributed by atoms with Gasteiger partial charge in [0.1, 0.15) is 12.4 Å². The molecule has 3 aromatic carbocycles. The molecule has 6 heteroatoms. The van der Waals surface area contributed by atoms with Crippen molar-refractivity contribution in [2.75, 3.05) is 5.32 Å². The van der Waals surface area contributed by atoms with Gasteiger partial charge in [-0.15, -0.1) is 6.58 Å². The highest BCUT2D eigenvalue weighted by Crippen LogP contribution is 2.35. The minimum absolute atomic E-state index is 0.0847. The molecule has 0 radical (unpaired) electrons. The van der Waals surface area contributed by atoms with Crippen LogP contribution in [0.4, 0.5) is 5.69 Å². The van der Waals surface area contributed by atoms with Crippen LogP contribution in [0.1, 0.15) is 29.2 Å². The molecular formula is C28H27BrN2O2S. The summed E-state index contributed by atoms with van der Waals surface area (Å²) in [7, 11) is 0. The van der Waals surface area contributed by atoms with Gasteiger partial charge in [0.2, 0.25) is 0 Å². The summed E-state index contributed by atoms with van der Waals surface area (Å²) >= 11 is 5.14. The second-order valence-electron chi connectivity index (χ2n) is 7.93. The highest BCUT2D eigenvalue weighted by molar-refractivity contribution is 9.10. The maximum Gasteiger partial charge on any atom is 0.260 e. The zero-order valence-corrected chi connectivity index (χ0v) is 21.4. The lowest BCUT2D eigenvalue weighted by Gasteiger charge is -2.14. The Morgan fingerprint density at radius 3 is 2.59 bits per heavy atom. The summed E-state index contributed by atoms with van der Waals surface area (Å²) in [6.45, 7) is 6.50. The van der Waals surface area contributed by atoms with Gasteiger partial charge < -0.3 is 15.4 Å². The number of anilines is 1. The quantitative estimate of drug-likeness (QED) is 0.231. The van der Waals surface area contributed by atoms with Crippen LogP contribution in [-0.4, -0.2) is 11.4 Å². The minimum atomic E-state index is -0.212. The Hall–Kier alpha value is -2.96. The van der Waals surface area contributed by atoms with Crippen LogP contribution in [0, 0.1) is 0 Å². The molecule has 0 unspecified atom stereocenters. The second-order valence-corrected chi connectivity index (χ2v) is 9.93. The van der Waals surface area contributed by atoms with Crippen molar-refractivity contribution >= 4 is 45.4 Å². The molecule has 0 aromatic heterocycles. The largest absolute Gasteiger partial charge is 0.487 e. The molecule has 2 N–H and O–H groups in total. The van der Waals surface area contributed by atoms with Gasteiger partial charge in [-0.05, 0) is 81.4 Å². The minimum Gasteiger partial charge on any atom is -0.487 e. The standard InChI is InChI=1S/C28H27BrN2O2S/c1-3-8-22-15-21(16-24(29)26(22)33-18-20-9-6-5-7-10-20)17-25-27(32)31-28(34-25)30-23-13-11-19(4-2)12-14-23/h3,5-7,9-17,28,30H,1,4,8,18H2,2H3,(H,31,32)/b25-17-/t28-/m1/s1. The van der Waals surface area contributed by atoms with E-state index < -0.39 is 0 Å². The van der Waals surface area contributed by atoms with E-state index in [0.29, 0.717) is 17.9 Å². The SMILES string of the molecule is C=CCc1cc(/C=C2\S[C@H](Nc3ccc(CC)cc3)NC2=O)cc(Br)c1OCc1ccccc1. The van der Waals surface area contributed by atoms with Crippen molar-refractivity contribution in [1.29, 1.82) is 0 Å². The third-order valence-electron chi connectivity index (χ3n) is 5.42. The van der Waals surface area contributed by atoms with Gasteiger partial charge in [-0.1, -0.05) is 67.2 Å². The van der Waals surface area contributed by atoms with Crippen LogP contribution in [0.25, 0.3) is 6.08 Å². The van der Waals surface area contributed by atoms with Crippen molar-refractivity contribution in [3.8, 4) is 5.75 Å². The van der Waals surface area contributed by atoms with E-state index in [9.17, 15) is 4.79 Å². The first-order valence-electron chi connectivity index (χ1n) is 11.2. The van der Waals surface area contributed by atoms with Crippen molar-refractivity contribution in [3.63, 3.8) is 0 Å². The van der Waals surface area contributed by atoms with E-state index in [4.69, 9.17) is 4.74 Å². The smallest absolute Gasteiger partial charge is 0.260 e. The monoisotopic (exact) mass is 534 g/mol. The highest BCUT2D eigenvalue weighted by Gasteiger charge is 2.27. The Labute approximate surface area is 213 Å². The summed E-state index contributed by atoms with van der Waals surface area (Å²) in [5.41, 5.74) is 5.10. The number of hydrogen-bond donors (Lipinski definition) is 2. The number of amides is 1. The molecule has 1 saturated heterocycles. The van der Waals surface area contributed by atoms with Gasteiger partial charge in [0.05, 0.1) is 9.38 Å². The zero-order chi connectivity index (χ0) is 23.9. The molecule has 1 heterocycles. The highest BCUT2D eigenvalue weighted by atomic mass is 79.9. The van der Waals surface area contributed by atoms with Gasteiger partial charge in [-0.2, -0.15) is 0 Å². The number of rotatable bonds is 9. The van der Waals surface area contributed by atoms with Crippen LogP contribution in [0.15, 0.2) is 88.8 Å². The first kappa shape index (κ1) is 24.2. The van der Waals surface area contributed by atoms with Gasteiger partial charge in [0.25, 0.3) is 5.91 Å². The molecule has 0 aliphatic carbocycles. The lowest BCUT2D eigenvalue weighted by molar-refractivity contribution is -0.116. The lowest BCUT2D eigenvalue weighted by atomic mass is 10.1. The molecule has 3 aromatic rings. The van der Waals surface area contributed by atoms with Crippen molar-refractivity contribution in [2.24, 2.45) is 0 Å². The van der Waals surface area contributed by atoms with Crippen LogP contribution in [0.5, 0.6) is 5.75 Å². The molecule has 4 rings (SSSR count). The van der Waals surface area contributed by atoms with Gasteiger partial charge in [-0.3, -0.25) is 4.79 Å². The van der Waals surface area contributed by atoms with Crippen molar-refractivity contribution in [2.45, 2.75) is 31.9 Å². The molecule has 1 atom stereocenters. The number of carbonyl (C=O) groups is 1. The van der Waals surface area contributed by atoms with E-state index in [1.54, 1.807) is 0 Å². The number of halogens is 1. The van der Waals surface area contributed by atoms with Crippen molar-refractivity contribution in [3.05, 3.63) is 111 Å². The molecule has 174 valence electrons. The summed E-state index contributed by atoms with van der Waals surface area (Å²) in [6, 6.07) is 22.4. The van der Waals surface area contributed by atoms with Crippen molar-refractivity contribution < 1.29 is 9.53 Å². The van der Waals surface area contributed by atoms with E-state index in [-0.39, 0.29) is 11.4 Å². The summed E-state index contributed by atoms with van der Waals surface area (Å²) in [6.07, 6.45) is 5.44. The van der Waals surface area contributed by atoms with E-state index >= 15 is 0 Å². The van der Waals surface area contributed by atoms with Crippen LogP contribution in [0.2, 0.25) is 0 Å². The molecule has 34 heavy (non-hydrogen) atoms. The van der Waals surface area contributed by atoms with Gasteiger partial charge in [0, 0.05) is 5.69 Å². The summed E-state index contributed by atoms with van der Waals surface area (Å²) in [4.78, 5) is 13.3. The predicted octanol–water partition coefficient (Wildman–Crippen LogP) is 6.92. The fourth-order valence-electron chi connectivity index (χ4n) is 3.66. The summed E-state index contributed by atoms with van der Waals surface area (Å²) in [5, 5.41) is 6.37. The zero-order valence-electron chi connectivity index (χ0n) is 19.0. The van der Waals surface area contributed by atoms with E-state index in [0.717, 1.165) is 39.0 Å². The molecule has 1 aliphatic rings. The molecular weight excluding hydrogens is 508 g/mol. The molecule has 0 saturated carbocycles. The average Bonchev–Trinajstić information content (AvgIpc) is 3.18. The Morgan fingerprint density at radius 2 is 1.88 bits per heavy atom. The third kappa shape index (κ3) is 6.13. The predicted molar refractivity (Wildman–Crippen MR) is 146 cm³/mol. The van der Waals surface area contributed by atoms with Gasteiger partial charge in [0.15, 0.2) is 5.50 Å². The van der Waals surface area contributed by atoms with Crippen molar-refractivity contribution in [1.82, 2.24) is 5.32 Å². The summed E-state index contributed by atoms with van der Waals surface area (Å²) < 4.78 is 6.99. The second kappa shape index (κ2) is 11.4. The van der Waals surface area contributed by atoms with E-state index in [1.165, 1.54) is 17.3 Å². The number of ether oxygens (including phenoxy) is 1.